The molecule has 0 saturated heterocycles. The van der Waals surface area contributed by atoms with Crippen molar-refractivity contribution in [2.24, 2.45) is 0 Å². The zero-order valence-corrected chi connectivity index (χ0v) is 18.2. The summed E-state index contributed by atoms with van der Waals surface area (Å²) in [6.45, 7) is 4.30. The summed E-state index contributed by atoms with van der Waals surface area (Å²) in [6.07, 6.45) is 0. The van der Waals surface area contributed by atoms with E-state index in [0.717, 1.165) is 10.2 Å². The quantitative estimate of drug-likeness (QED) is 0.527. The fraction of sp³-hybridized carbons (Fsp3) is 0.333. The van der Waals surface area contributed by atoms with Crippen molar-refractivity contribution >= 4 is 27.7 Å². The van der Waals surface area contributed by atoms with Gasteiger partial charge in [-0.1, -0.05) is 22.0 Å². The van der Waals surface area contributed by atoms with E-state index in [2.05, 4.69) is 26.6 Å². The number of nitrogens with one attached hydrogen (secondary N) is 2. The molecule has 0 saturated carbocycles. The van der Waals surface area contributed by atoms with Crippen molar-refractivity contribution < 1.29 is 23.8 Å². The second-order valence-corrected chi connectivity index (χ2v) is 7.35. The summed E-state index contributed by atoms with van der Waals surface area (Å²) in [7, 11) is 1.48. The number of halogens is 1. The molecule has 2 aromatic carbocycles. The van der Waals surface area contributed by atoms with Gasteiger partial charge in [-0.15, -0.1) is 0 Å². The van der Waals surface area contributed by atoms with E-state index in [0.29, 0.717) is 30.2 Å². The largest absolute Gasteiger partial charge is 0.493 e. The molecule has 0 unspecified atom stereocenters. The van der Waals surface area contributed by atoms with Crippen LogP contribution in [0.25, 0.3) is 0 Å². The predicted octanol–water partition coefficient (Wildman–Crippen LogP) is 3.17. The maximum absolute atomic E-state index is 12.3. The Labute approximate surface area is 178 Å². The minimum Gasteiger partial charge on any atom is -0.493 e. The molecule has 8 heteroatoms. The molecule has 0 heterocycles. The molecule has 2 rings (SSSR count). The number of carbonyl (C=O) groups is 2. The monoisotopic (exact) mass is 464 g/mol. The first-order valence-corrected chi connectivity index (χ1v) is 9.95. The molecule has 0 atom stereocenters. The number of carbonyl (C=O) groups excluding carboxylic acids is 2. The molecule has 0 fully saturated rings. The van der Waals surface area contributed by atoms with E-state index in [1.807, 2.05) is 38.1 Å². The molecule has 2 N–H and O–H groups in total. The lowest BCUT2D eigenvalue weighted by molar-refractivity contribution is -0.123. The molecular weight excluding hydrogens is 440 g/mol. The van der Waals surface area contributed by atoms with E-state index in [1.54, 1.807) is 18.2 Å². The predicted molar refractivity (Wildman–Crippen MR) is 114 cm³/mol. The fourth-order valence-corrected chi connectivity index (χ4v) is 2.81. The van der Waals surface area contributed by atoms with Crippen LogP contribution in [0, 0.1) is 0 Å². The molecule has 0 aliphatic carbocycles. The van der Waals surface area contributed by atoms with Gasteiger partial charge in [0.25, 0.3) is 11.8 Å². The molecule has 2 aromatic rings. The maximum atomic E-state index is 12.3. The number of amides is 2. The standard InChI is InChI=1S/C21H25BrN2O5/c1-14(2)24-20(25)13-29-18-8-7-15(11-19(18)27-3)21(26)23-9-10-28-17-6-4-5-16(22)12-17/h4-8,11-12,14H,9-10,13H2,1-3H3,(H,23,26)(H,24,25). The zero-order chi connectivity index (χ0) is 21.2. The first-order valence-electron chi connectivity index (χ1n) is 9.16. The number of benzene rings is 2. The second-order valence-electron chi connectivity index (χ2n) is 6.44. The van der Waals surface area contributed by atoms with Crippen LogP contribution >= 0.6 is 15.9 Å². The van der Waals surface area contributed by atoms with Gasteiger partial charge in [0.15, 0.2) is 18.1 Å². The molecule has 29 heavy (non-hydrogen) atoms. The Hall–Kier alpha value is -2.74. The number of rotatable bonds is 10. The van der Waals surface area contributed by atoms with E-state index < -0.39 is 0 Å². The fourth-order valence-electron chi connectivity index (χ4n) is 2.43. The Kier molecular flexibility index (Phi) is 8.79. The van der Waals surface area contributed by atoms with Crippen LogP contribution in [0.2, 0.25) is 0 Å². The third-order valence-corrected chi connectivity index (χ3v) is 4.18. The SMILES string of the molecule is COc1cc(C(=O)NCCOc2cccc(Br)c2)ccc1OCC(=O)NC(C)C. The highest BCUT2D eigenvalue weighted by Crippen LogP contribution is 2.28. The number of hydrogen-bond acceptors (Lipinski definition) is 5. The van der Waals surface area contributed by atoms with Crippen molar-refractivity contribution in [3.8, 4) is 17.2 Å². The van der Waals surface area contributed by atoms with Gasteiger partial charge >= 0.3 is 0 Å². The number of methoxy groups -OCH3 is 1. The third kappa shape index (κ3) is 7.65. The lowest BCUT2D eigenvalue weighted by Gasteiger charge is -2.13. The number of ether oxygens (including phenoxy) is 3. The summed E-state index contributed by atoms with van der Waals surface area (Å²) < 4.78 is 17.3. The van der Waals surface area contributed by atoms with Gasteiger partial charge in [0, 0.05) is 16.1 Å². The molecule has 0 radical (unpaired) electrons. The highest BCUT2D eigenvalue weighted by atomic mass is 79.9. The van der Waals surface area contributed by atoms with Gasteiger partial charge in [-0.3, -0.25) is 9.59 Å². The highest BCUT2D eigenvalue weighted by Gasteiger charge is 2.13. The van der Waals surface area contributed by atoms with E-state index in [4.69, 9.17) is 14.2 Å². The summed E-state index contributed by atoms with van der Waals surface area (Å²) in [5.41, 5.74) is 0.420. The van der Waals surface area contributed by atoms with Crippen molar-refractivity contribution in [2.45, 2.75) is 19.9 Å². The molecule has 0 spiro atoms. The highest BCUT2D eigenvalue weighted by molar-refractivity contribution is 9.10. The first kappa shape index (κ1) is 22.5. The Bertz CT molecular complexity index is 842. The average Bonchev–Trinajstić information content (AvgIpc) is 2.69. The second kappa shape index (κ2) is 11.3. The summed E-state index contributed by atoms with van der Waals surface area (Å²) in [5.74, 6) is 0.999. The molecule has 0 aliphatic rings. The Balaban J connectivity index is 1.86. The topological polar surface area (TPSA) is 85.9 Å². The Morgan fingerprint density at radius 2 is 1.86 bits per heavy atom. The van der Waals surface area contributed by atoms with Crippen molar-refractivity contribution in [3.63, 3.8) is 0 Å². The summed E-state index contributed by atoms with van der Waals surface area (Å²) in [5, 5.41) is 5.53. The lowest BCUT2D eigenvalue weighted by atomic mass is 10.2. The normalized spacial score (nSPS) is 10.4. The van der Waals surface area contributed by atoms with Gasteiger partial charge in [0.2, 0.25) is 0 Å². The van der Waals surface area contributed by atoms with Gasteiger partial charge in [-0.05, 0) is 50.2 Å². The van der Waals surface area contributed by atoms with E-state index in [9.17, 15) is 9.59 Å². The van der Waals surface area contributed by atoms with Crippen molar-refractivity contribution in [1.29, 1.82) is 0 Å². The van der Waals surface area contributed by atoms with Crippen LogP contribution in [0.4, 0.5) is 0 Å². The number of hydrogen-bond donors (Lipinski definition) is 2. The van der Waals surface area contributed by atoms with Crippen LogP contribution < -0.4 is 24.8 Å². The Morgan fingerprint density at radius 1 is 1.07 bits per heavy atom. The Morgan fingerprint density at radius 3 is 2.55 bits per heavy atom. The van der Waals surface area contributed by atoms with E-state index >= 15 is 0 Å². The summed E-state index contributed by atoms with van der Waals surface area (Å²) >= 11 is 3.38. The molecule has 0 aliphatic heterocycles. The van der Waals surface area contributed by atoms with Gasteiger partial charge in [0.05, 0.1) is 13.7 Å². The molecular formula is C21H25BrN2O5. The molecule has 0 aromatic heterocycles. The molecule has 2 amide bonds. The zero-order valence-electron chi connectivity index (χ0n) is 16.7. The van der Waals surface area contributed by atoms with Crippen LogP contribution in [-0.4, -0.2) is 44.7 Å². The van der Waals surface area contributed by atoms with Crippen LogP contribution in [0.15, 0.2) is 46.9 Å². The summed E-state index contributed by atoms with van der Waals surface area (Å²) in [6, 6.07) is 12.3. The molecule has 7 nitrogen and oxygen atoms in total. The molecule has 0 bridgehead atoms. The lowest BCUT2D eigenvalue weighted by Crippen LogP contribution is -2.34. The minimum atomic E-state index is -0.259. The van der Waals surface area contributed by atoms with Gasteiger partial charge in [-0.2, -0.15) is 0 Å². The van der Waals surface area contributed by atoms with Gasteiger partial charge < -0.3 is 24.8 Å². The first-order chi connectivity index (χ1) is 13.9. The van der Waals surface area contributed by atoms with Crippen LogP contribution in [0.1, 0.15) is 24.2 Å². The van der Waals surface area contributed by atoms with Crippen molar-refractivity contribution in [1.82, 2.24) is 10.6 Å². The van der Waals surface area contributed by atoms with Crippen LogP contribution in [0.3, 0.4) is 0 Å². The van der Waals surface area contributed by atoms with Crippen LogP contribution in [0.5, 0.6) is 17.2 Å². The maximum Gasteiger partial charge on any atom is 0.258 e. The van der Waals surface area contributed by atoms with E-state index in [1.165, 1.54) is 7.11 Å². The smallest absolute Gasteiger partial charge is 0.258 e. The van der Waals surface area contributed by atoms with Crippen molar-refractivity contribution in [3.05, 3.63) is 52.5 Å². The van der Waals surface area contributed by atoms with E-state index in [-0.39, 0.29) is 24.5 Å². The average molecular weight is 465 g/mol. The molecule has 156 valence electrons. The minimum absolute atomic E-state index is 0.0338. The van der Waals surface area contributed by atoms with Crippen LogP contribution in [-0.2, 0) is 4.79 Å². The van der Waals surface area contributed by atoms with Gasteiger partial charge in [-0.25, -0.2) is 0 Å². The third-order valence-electron chi connectivity index (χ3n) is 3.69. The van der Waals surface area contributed by atoms with Gasteiger partial charge in [0.1, 0.15) is 12.4 Å². The van der Waals surface area contributed by atoms with Crippen molar-refractivity contribution in [2.75, 3.05) is 26.9 Å². The summed E-state index contributed by atoms with van der Waals surface area (Å²) in [4.78, 5) is 24.1.